The molecule has 1 aliphatic rings. The first-order valence-electron chi connectivity index (χ1n) is 11.5. The van der Waals surface area contributed by atoms with Gasteiger partial charge in [0.2, 0.25) is 0 Å². The lowest BCUT2D eigenvalue weighted by atomic mass is 10.2. The summed E-state index contributed by atoms with van der Waals surface area (Å²) >= 11 is 1.53. The van der Waals surface area contributed by atoms with E-state index in [9.17, 15) is 4.79 Å². The number of carbonyl (C=O) groups is 1. The van der Waals surface area contributed by atoms with Gasteiger partial charge in [-0.1, -0.05) is 34.7 Å². The van der Waals surface area contributed by atoms with Crippen LogP contribution < -0.4 is 9.64 Å². The van der Waals surface area contributed by atoms with Crippen molar-refractivity contribution in [1.82, 2.24) is 24.9 Å². The maximum atomic E-state index is 13.6. The first kappa shape index (κ1) is 22.7. The molecule has 3 heterocycles. The zero-order valence-corrected chi connectivity index (χ0v) is 20.3. The summed E-state index contributed by atoms with van der Waals surface area (Å²) in [5.41, 5.74) is 3.52. The molecule has 0 saturated carbocycles. The van der Waals surface area contributed by atoms with Crippen molar-refractivity contribution in [1.29, 1.82) is 0 Å². The number of anilines is 1. The molecule has 5 rings (SSSR count). The minimum absolute atomic E-state index is 0.0618. The zero-order chi connectivity index (χ0) is 23.5. The number of para-hydroxylation sites is 1. The predicted octanol–water partition coefficient (Wildman–Crippen LogP) is 3.11. The van der Waals surface area contributed by atoms with E-state index in [1.807, 2.05) is 36.4 Å². The molecule has 2 aromatic heterocycles. The molecule has 9 nitrogen and oxygen atoms in total. The molecule has 0 bridgehead atoms. The van der Waals surface area contributed by atoms with Crippen LogP contribution in [0.25, 0.3) is 21.3 Å². The van der Waals surface area contributed by atoms with Crippen LogP contribution in [-0.2, 0) is 16.1 Å². The lowest BCUT2D eigenvalue weighted by Crippen LogP contribution is -2.40. The van der Waals surface area contributed by atoms with E-state index in [-0.39, 0.29) is 12.5 Å². The van der Waals surface area contributed by atoms with E-state index in [1.165, 1.54) is 11.3 Å². The molecule has 34 heavy (non-hydrogen) atoms. The summed E-state index contributed by atoms with van der Waals surface area (Å²) < 4.78 is 13.7. The van der Waals surface area contributed by atoms with Crippen molar-refractivity contribution in [3.05, 3.63) is 42.0 Å². The van der Waals surface area contributed by atoms with Crippen molar-refractivity contribution in [2.75, 3.05) is 51.4 Å². The average Bonchev–Trinajstić information content (AvgIpc) is 3.48. The van der Waals surface area contributed by atoms with Crippen LogP contribution in [0.3, 0.4) is 0 Å². The lowest BCUT2D eigenvalue weighted by Gasteiger charge is -2.27. The summed E-state index contributed by atoms with van der Waals surface area (Å²) in [6.07, 6.45) is 0.843. The molecule has 178 valence electrons. The molecule has 0 atom stereocenters. The second-order valence-electron chi connectivity index (χ2n) is 8.35. The topological polar surface area (TPSA) is 85.6 Å². The highest BCUT2D eigenvalue weighted by atomic mass is 32.1. The molecule has 1 aliphatic heterocycles. The molecule has 0 N–H and O–H groups in total. The Kier molecular flexibility index (Phi) is 6.70. The van der Waals surface area contributed by atoms with Crippen LogP contribution in [0.4, 0.5) is 5.13 Å². The fourth-order valence-corrected chi connectivity index (χ4v) is 5.33. The Morgan fingerprint density at radius 2 is 2.03 bits per heavy atom. The van der Waals surface area contributed by atoms with Gasteiger partial charge >= 0.3 is 0 Å². The van der Waals surface area contributed by atoms with Gasteiger partial charge in [-0.25, -0.2) is 9.67 Å². The molecular weight excluding hydrogens is 452 g/mol. The summed E-state index contributed by atoms with van der Waals surface area (Å²) in [5, 5.41) is 9.08. The highest BCUT2D eigenvalue weighted by Gasteiger charge is 2.23. The molecular formula is C24H28N6O3S. The smallest absolute Gasteiger partial charge is 0.250 e. The normalized spacial score (nSPS) is 14.6. The number of hydrogen-bond donors (Lipinski definition) is 0. The number of aromatic nitrogens is 4. The van der Waals surface area contributed by atoms with Crippen LogP contribution in [0.15, 0.2) is 36.4 Å². The Morgan fingerprint density at radius 1 is 1.21 bits per heavy atom. The van der Waals surface area contributed by atoms with Gasteiger partial charge in [0.15, 0.2) is 5.13 Å². The number of fused-ring (bicyclic) bond motifs is 2. The van der Waals surface area contributed by atoms with Gasteiger partial charge in [-0.3, -0.25) is 14.6 Å². The molecule has 0 spiro atoms. The number of ether oxygens (including phenoxy) is 2. The van der Waals surface area contributed by atoms with Gasteiger partial charge in [0.1, 0.15) is 23.3 Å². The summed E-state index contributed by atoms with van der Waals surface area (Å²) in [6.45, 7) is 7.02. The molecule has 0 unspecified atom stereocenters. The number of rotatable bonds is 8. The number of benzene rings is 2. The first-order valence-corrected chi connectivity index (χ1v) is 12.3. The van der Waals surface area contributed by atoms with Crippen LogP contribution in [-0.4, -0.2) is 77.3 Å². The van der Waals surface area contributed by atoms with Crippen LogP contribution in [0.2, 0.25) is 0 Å². The maximum absolute atomic E-state index is 13.6. The average molecular weight is 481 g/mol. The Bertz CT molecular complexity index is 1300. The predicted molar refractivity (Wildman–Crippen MR) is 133 cm³/mol. The van der Waals surface area contributed by atoms with Crippen molar-refractivity contribution in [2.45, 2.75) is 19.9 Å². The molecule has 0 aliphatic carbocycles. The fourth-order valence-electron chi connectivity index (χ4n) is 4.23. The van der Waals surface area contributed by atoms with Crippen molar-refractivity contribution in [3.8, 4) is 5.75 Å². The summed E-state index contributed by atoms with van der Waals surface area (Å²) in [4.78, 5) is 22.6. The third-order valence-corrected chi connectivity index (χ3v) is 7.32. The third-order valence-electron chi connectivity index (χ3n) is 6.11. The monoisotopic (exact) mass is 480 g/mol. The quantitative estimate of drug-likeness (QED) is 0.383. The number of carbonyl (C=O) groups excluding carboxylic acids is 1. The van der Waals surface area contributed by atoms with Gasteiger partial charge in [-0.15, -0.1) is 5.10 Å². The Hall–Kier alpha value is -3.08. The molecule has 4 aromatic rings. The Morgan fingerprint density at radius 3 is 2.85 bits per heavy atom. The van der Waals surface area contributed by atoms with Crippen LogP contribution in [0, 0.1) is 6.92 Å². The summed E-state index contributed by atoms with van der Waals surface area (Å²) in [6, 6.07) is 11.6. The molecule has 1 amide bonds. The highest BCUT2D eigenvalue weighted by molar-refractivity contribution is 7.22. The standard InChI is InChI=1S/C24H28N6O3S/c1-17-8-9-20(32-2)22-23(17)34-24(25-22)29(11-5-10-28-12-14-33-15-13-28)21(31)16-30-19-7-4-3-6-18(19)26-27-30/h3-4,6-9H,5,10-16H2,1-2H3. The van der Waals surface area contributed by atoms with Crippen molar-refractivity contribution in [2.24, 2.45) is 0 Å². The SMILES string of the molecule is COc1ccc(C)c2sc(N(CCCN3CCOCC3)C(=O)Cn3nnc4ccccc43)nc12. The van der Waals surface area contributed by atoms with Crippen molar-refractivity contribution < 1.29 is 14.3 Å². The van der Waals surface area contributed by atoms with Gasteiger partial charge < -0.3 is 9.47 Å². The zero-order valence-electron chi connectivity index (χ0n) is 19.4. The minimum atomic E-state index is -0.0618. The highest BCUT2D eigenvalue weighted by Crippen LogP contribution is 2.36. The summed E-state index contributed by atoms with van der Waals surface area (Å²) in [5.74, 6) is 0.652. The lowest BCUT2D eigenvalue weighted by molar-refractivity contribution is -0.119. The molecule has 1 fully saturated rings. The van der Waals surface area contributed by atoms with Gasteiger partial charge in [0.05, 0.1) is 30.5 Å². The van der Waals surface area contributed by atoms with Gasteiger partial charge in [0.25, 0.3) is 5.91 Å². The van der Waals surface area contributed by atoms with Gasteiger partial charge in [-0.05, 0) is 37.1 Å². The van der Waals surface area contributed by atoms with Crippen molar-refractivity contribution >= 4 is 43.6 Å². The Balaban J connectivity index is 1.42. The number of hydrogen-bond acceptors (Lipinski definition) is 8. The second kappa shape index (κ2) is 10.0. The van der Waals surface area contributed by atoms with Gasteiger partial charge in [0, 0.05) is 26.2 Å². The molecule has 0 radical (unpaired) electrons. The number of methoxy groups -OCH3 is 1. The number of amides is 1. The number of morpholine rings is 1. The third kappa shape index (κ3) is 4.61. The fraction of sp³-hybridized carbons (Fsp3) is 0.417. The molecule has 2 aromatic carbocycles. The van der Waals surface area contributed by atoms with E-state index >= 15 is 0 Å². The molecule has 1 saturated heterocycles. The largest absolute Gasteiger partial charge is 0.494 e. The van der Waals surface area contributed by atoms with E-state index in [0.717, 1.165) is 66.1 Å². The van der Waals surface area contributed by atoms with Crippen LogP contribution >= 0.6 is 11.3 Å². The minimum Gasteiger partial charge on any atom is -0.494 e. The van der Waals surface area contributed by atoms with E-state index < -0.39 is 0 Å². The number of thiazole rings is 1. The molecule has 10 heteroatoms. The van der Waals surface area contributed by atoms with E-state index in [2.05, 4.69) is 22.1 Å². The number of nitrogens with zero attached hydrogens (tertiary/aromatic N) is 6. The van der Waals surface area contributed by atoms with Gasteiger partial charge in [-0.2, -0.15) is 0 Å². The van der Waals surface area contributed by atoms with E-state index in [1.54, 1.807) is 16.7 Å². The van der Waals surface area contributed by atoms with E-state index in [0.29, 0.717) is 17.4 Å². The van der Waals surface area contributed by atoms with Crippen LogP contribution in [0.1, 0.15) is 12.0 Å². The van der Waals surface area contributed by atoms with Crippen molar-refractivity contribution in [3.63, 3.8) is 0 Å². The van der Waals surface area contributed by atoms with E-state index in [4.69, 9.17) is 14.5 Å². The Labute approximate surface area is 201 Å². The maximum Gasteiger partial charge on any atom is 0.250 e. The summed E-state index contributed by atoms with van der Waals surface area (Å²) in [7, 11) is 1.64. The first-order chi connectivity index (χ1) is 16.6. The number of aryl methyl sites for hydroxylation is 1. The second-order valence-corrected chi connectivity index (χ2v) is 9.33. The van der Waals surface area contributed by atoms with Crippen LogP contribution in [0.5, 0.6) is 5.75 Å².